The van der Waals surface area contributed by atoms with Crippen molar-refractivity contribution in [1.82, 2.24) is 25.5 Å². The molecule has 0 saturated carbocycles. The molecule has 1 saturated heterocycles. The molecule has 3 N–H and O–H groups in total. The maximum Gasteiger partial charge on any atom is 0.226 e. The number of ether oxygens (including phenoxy) is 2. The van der Waals surface area contributed by atoms with E-state index in [1.54, 1.807) is 6.07 Å². The molecule has 2 heterocycles. The van der Waals surface area contributed by atoms with Crippen LogP contribution in [0.15, 0.2) is 36.4 Å². The van der Waals surface area contributed by atoms with Crippen molar-refractivity contribution in [3.05, 3.63) is 53.1 Å². The molecule has 0 aliphatic carbocycles. The number of nitrogens with one attached hydrogen (secondary N) is 1. The summed E-state index contributed by atoms with van der Waals surface area (Å²) in [6.45, 7) is 1.14. The third-order valence-corrected chi connectivity index (χ3v) is 4.30. The SMILES string of the molecule is Nc1c(-c2ccccc2)cc(Cl)c(OCc2nnn(C3NCCO3)n2)c1F. The van der Waals surface area contributed by atoms with Gasteiger partial charge in [-0.3, -0.25) is 5.32 Å². The van der Waals surface area contributed by atoms with Gasteiger partial charge in [-0.25, -0.2) is 4.39 Å². The van der Waals surface area contributed by atoms with Crippen LogP contribution in [0.1, 0.15) is 12.2 Å². The molecule has 1 fully saturated rings. The summed E-state index contributed by atoms with van der Waals surface area (Å²) in [7, 11) is 0. The molecule has 4 rings (SSSR count). The quantitative estimate of drug-likeness (QED) is 0.645. The van der Waals surface area contributed by atoms with E-state index in [0.717, 1.165) is 5.56 Å². The van der Waals surface area contributed by atoms with Gasteiger partial charge in [0.2, 0.25) is 12.2 Å². The minimum Gasteiger partial charge on any atom is -0.481 e. The molecular weight excluding hydrogens is 375 g/mol. The maximum absolute atomic E-state index is 14.7. The number of nitrogens with zero attached hydrogens (tertiary/aromatic N) is 4. The Balaban J connectivity index is 1.53. The summed E-state index contributed by atoms with van der Waals surface area (Å²) in [6.07, 6.45) is -0.465. The Bertz CT molecular complexity index is 946. The number of tetrazole rings is 1. The first kappa shape index (κ1) is 17.7. The third-order valence-electron chi connectivity index (χ3n) is 4.02. The van der Waals surface area contributed by atoms with Crippen molar-refractivity contribution >= 4 is 17.3 Å². The number of halogens is 2. The van der Waals surface area contributed by atoms with Crippen molar-refractivity contribution in [2.45, 2.75) is 13.0 Å². The fraction of sp³-hybridized carbons (Fsp3) is 0.235. The normalized spacial score (nSPS) is 16.6. The number of rotatable bonds is 5. The Labute approximate surface area is 159 Å². The predicted octanol–water partition coefficient (Wildman–Crippen LogP) is 2.37. The maximum atomic E-state index is 14.7. The molecule has 10 heteroatoms. The van der Waals surface area contributed by atoms with Crippen LogP contribution in [0.5, 0.6) is 5.75 Å². The standard InChI is InChI=1S/C17H16ClFN6O2/c18-12-8-11(10-4-2-1-3-5-10)15(20)14(19)16(12)27-9-13-22-24-25(23-13)17-21-6-7-26-17/h1-5,8,17,21H,6-7,9,20H2. The van der Waals surface area contributed by atoms with E-state index in [4.69, 9.17) is 26.8 Å². The summed E-state index contributed by atoms with van der Waals surface area (Å²) < 4.78 is 25.6. The van der Waals surface area contributed by atoms with Crippen LogP contribution >= 0.6 is 11.6 Å². The van der Waals surface area contributed by atoms with E-state index in [1.165, 1.54) is 4.80 Å². The number of nitrogen functional groups attached to an aromatic ring is 1. The lowest BCUT2D eigenvalue weighted by atomic mass is 10.0. The van der Waals surface area contributed by atoms with Crippen molar-refractivity contribution in [1.29, 1.82) is 0 Å². The van der Waals surface area contributed by atoms with Gasteiger partial charge in [-0.2, -0.15) is 0 Å². The Hall–Kier alpha value is -2.75. The van der Waals surface area contributed by atoms with Gasteiger partial charge in [0, 0.05) is 12.1 Å². The summed E-state index contributed by atoms with van der Waals surface area (Å²) in [5.74, 6) is -0.622. The van der Waals surface area contributed by atoms with E-state index in [1.807, 2.05) is 30.3 Å². The van der Waals surface area contributed by atoms with Crippen LogP contribution in [0.4, 0.5) is 10.1 Å². The van der Waals surface area contributed by atoms with Crippen LogP contribution in [0.2, 0.25) is 5.02 Å². The van der Waals surface area contributed by atoms with Crippen molar-refractivity contribution < 1.29 is 13.9 Å². The van der Waals surface area contributed by atoms with Crippen molar-refractivity contribution in [2.24, 2.45) is 0 Å². The molecule has 0 spiro atoms. The second-order valence-electron chi connectivity index (χ2n) is 5.82. The molecule has 0 amide bonds. The van der Waals surface area contributed by atoms with E-state index in [0.29, 0.717) is 18.7 Å². The summed E-state index contributed by atoms with van der Waals surface area (Å²) in [6, 6.07) is 10.8. The van der Waals surface area contributed by atoms with Gasteiger partial charge in [0.15, 0.2) is 18.2 Å². The highest BCUT2D eigenvalue weighted by Crippen LogP contribution is 2.39. The Kier molecular flexibility index (Phi) is 4.88. The first-order valence-corrected chi connectivity index (χ1v) is 8.60. The third kappa shape index (κ3) is 3.57. The van der Waals surface area contributed by atoms with Gasteiger partial charge >= 0.3 is 0 Å². The zero-order valence-electron chi connectivity index (χ0n) is 14.1. The molecule has 0 radical (unpaired) electrons. The number of benzene rings is 2. The lowest BCUT2D eigenvalue weighted by Gasteiger charge is -2.13. The van der Waals surface area contributed by atoms with Crippen LogP contribution in [-0.4, -0.2) is 33.4 Å². The number of aromatic nitrogens is 4. The average molecular weight is 391 g/mol. The lowest BCUT2D eigenvalue weighted by Crippen LogP contribution is -2.23. The highest BCUT2D eigenvalue weighted by Gasteiger charge is 2.21. The summed E-state index contributed by atoms with van der Waals surface area (Å²) in [5.41, 5.74) is 7.17. The van der Waals surface area contributed by atoms with Crippen LogP contribution in [0.25, 0.3) is 11.1 Å². The van der Waals surface area contributed by atoms with Gasteiger partial charge in [0.05, 0.1) is 17.3 Å². The molecule has 27 heavy (non-hydrogen) atoms. The van der Waals surface area contributed by atoms with Gasteiger partial charge in [0.1, 0.15) is 0 Å². The molecule has 2 aromatic carbocycles. The van der Waals surface area contributed by atoms with Crippen LogP contribution in [0, 0.1) is 5.82 Å². The van der Waals surface area contributed by atoms with E-state index in [2.05, 4.69) is 20.7 Å². The number of nitrogens with two attached hydrogens (primary N) is 1. The second kappa shape index (κ2) is 7.47. The van der Waals surface area contributed by atoms with Crippen LogP contribution < -0.4 is 15.8 Å². The van der Waals surface area contributed by atoms with E-state index in [-0.39, 0.29) is 28.9 Å². The molecule has 1 aliphatic heterocycles. The Morgan fingerprint density at radius 2 is 2.19 bits per heavy atom. The van der Waals surface area contributed by atoms with Gasteiger partial charge in [0.25, 0.3) is 0 Å². The monoisotopic (exact) mass is 390 g/mol. The van der Waals surface area contributed by atoms with Crippen LogP contribution in [0.3, 0.4) is 0 Å². The first-order chi connectivity index (χ1) is 13.1. The molecule has 3 aromatic rings. The Morgan fingerprint density at radius 1 is 1.37 bits per heavy atom. The van der Waals surface area contributed by atoms with E-state index < -0.39 is 12.2 Å². The summed E-state index contributed by atoms with van der Waals surface area (Å²) >= 11 is 6.22. The molecule has 0 bridgehead atoms. The number of hydrogen-bond acceptors (Lipinski definition) is 7. The minimum absolute atomic E-state index is 0.0410. The zero-order chi connectivity index (χ0) is 18.8. The Morgan fingerprint density at radius 3 is 2.93 bits per heavy atom. The van der Waals surface area contributed by atoms with Gasteiger partial charge in [-0.05, 0) is 16.8 Å². The molecule has 1 aliphatic rings. The zero-order valence-corrected chi connectivity index (χ0v) is 14.9. The van der Waals surface area contributed by atoms with Crippen molar-refractivity contribution in [3.8, 4) is 16.9 Å². The van der Waals surface area contributed by atoms with E-state index in [9.17, 15) is 4.39 Å². The molecule has 8 nitrogen and oxygen atoms in total. The largest absolute Gasteiger partial charge is 0.481 e. The average Bonchev–Trinajstić information content (AvgIpc) is 3.37. The second-order valence-corrected chi connectivity index (χ2v) is 6.23. The molecular formula is C17H16ClFN6O2. The molecule has 140 valence electrons. The highest BCUT2D eigenvalue weighted by molar-refractivity contribution is 6.32. The van der Waals surface area contributed by atoms with Gasteiger partial charge < -0.3 is 15.2 Å². The van der Waals surface area contributed by atoms with Crippen molar-refractivity contribution in [3.63, 3.8) is 0 Å². The fourth-order valence-corrected chi connectivity index (χ4v) is 2.96. The predicted molar refractivity (Wildman–Crippen MR) is 96.4 cm³/mol. The first-order valence-electron chi connectivity index (χ1n) is 8.22. The number of hydrogen-bond donors (Lipinski definition) is 2. The summed E-state index contributed by atoms with van der Waals surface area (Å²) in [4.78, 5) is 1.29. The van der Waals surface area contributed by atoms with Crippen LogP contribution in [-0.2, 0) is 11.3 Å². The fourth-order valence-electron chi connectivity index (χ4n) is 2.71. The van der Waals surface area contributed by atoms with Crippen molar-refractivity contribution in [2.75, 3.05) is 18.9 Å². The topological polar surface area (TPSA) is 100 Å². The molecule has 1 atom stereocenters. The summed E-state index contributed by atoms with van der Waals surface area (Å²) in [5, 5.41) is 15.0. The molecule has 1 aromatic heterocycles. The smallest absolute Gasteiger partial charge is 0.226 e. The lowest BCUT2D eigenvalue weighted by molar-refractivity contribution is 0.0212. The van der Waals surface area contributed by atoms with Gasteiger partial charge in [-0.1, -0.05) is 41.9 Å². The van der Waals surface area contributed by atoms with Gasteiger partial charge in [-0.15, -0.1) is 15.0 Å². The van der Waals surface area contributed by atoms with E-state index >= 15 is 0 Å². The number of anilines is 1. The molecule has 1 unspecified atom stereocenters. The highest BCUT2D eigenvalue weighted by atomic mass is 35.5. The minimum atomic E-state index is -0.727.